The van der Waals surface area contributed by atoms with E-state index in [2.05, 4.69) is 10.4 Å². The zero-order valence-corrected chi connectivity index (χ0v) is 14.8. The van der Waals surface area contributed by atoms with Crippen LogP contribution < -0.4 is 5.32 Å². The highest BCUT2D eigenvalue weighted by molar-refractivity contribution is 6.30. The summed E-state index contributed by atoms with van der Waals surface area (Å²) in [6, 6.07) is 12.8. The second-order valence-electron chi connectivity index (χ2n) is 6.92. The molecule has 2 saturated heterocycles. The first-order valence-corrected chi connectivity index (χ1v) is 9.00. The predicted molar refractivity (Wildman–Crippen MR) is 98.3 cm³/mol. The summed E-state index contributed by atoms with van der Waals surface area (Å²) >= 11 is 5.92. The summed E-state index contributed by atoms with van der Waals surface area (Å²) < 4.78 is 0. The molecule has 0 aromatic heterocycles. The van der Waals surface area contributed by atoms with Crippen molar-refractivity contribution in [2.75, 3.05) is 0 Å². The van der Waals surface area contributed by atoms with Crippen molar-refractivity contribution in [2.45, 2.75) is 12.1 Å². The van der Waals surface area contributed by atoms with E-state index in [9.17, 15) is 14.4 Å². The maximum Gasteiger partial charge on any atom is 0.233 e. The molecule has 2 aromatic rings. The van der Waals surface area contributed by atoms with E-state index in [1.807, 2.05) is 24.3 Å². The quantitative estimate of drug-likeness (QED) is 0.640. The highest BCUT2D eigenvalue weighted by atomic mass is 35.5. The number of ketones is 1. The van der Waals surface area contributed by atoms with E-state index in [1.165, 1.54) is 0 Å². The van der Waals surface area contributed by atoms with Crippen molar-refractivity contribution in [1.82, 2.24) is 10.3 Å². The summed E-state index contributed by atoms with van der Waals surface area (Å²) in [5.41, 5.74) is 2.23. The molecular weight excluding hydrogens is 366 g/mol. The van der Waals surface area contributed by atoms with Crippen LogP contribution in [0.2, 0.25) is 5.02 Å². The van der Waals surface area contributed by atoms with Crippen LogP contribution in [-0.2, 0) is 9.59 Å². The highest BCUT2D eigenvalue weighted by Gasteiger charge is 2.62. The van der Waals surface area contributed by atoms with E-state index < -0.39 is 29.8 Å². The van der Waals surface area contributed by atoms with Gasteiger partial charge in [0.2, 0.25) is 11.8 Å². The Morgan fingerprint density at radius 1 is 1.00 bits per heavy atom. The van der Waals surface area contributed by atoms with Gasteiger partial charge in [0.15, 0.2) is 5.78 Å². The van der Waals surface area contributed by atoms with Gasteiger partial charge in [-0.25, -0.2) is 0 Å². The van der Waals surface area contributed by atoms with Crippen molar-refractivity contribution in [3.63, 3.8) is 0 Å². The van der Waals surface area contributed by atoms with Gasteiger partial charge in [-0.3, -0.25) is 24.7 Å². The number of nitrogens with one attached hydrogen (secondary N) is 1. The minimum atomic E-state index is -0.836. The van der Waals surface area contributed by atoms with Crippen molar-refractivity contribution in [3.8, 4) is 0 Å². The number of nitrogens with zero attached hydrogens (tertiary/aromatic N) is 2. The number of carbonyl (C=O) groups is 3. The summed E-state index contributed by atoms with van der Waals surface area (Å²) in [6.45, 7) is 0. The molecule has 0 bridgehead atoms. The number of rotatable bonds is 2. The Bertz CT molecular complexity index is 1020. The Hall–Kier alpha value is -2.99. The first kappa shape index (κ1) is 16.2. The molecular formula is C20H14ClN3O3. The molecule has 0 saturated carbocycles. The van der Waals surface area contributed by atoms with Gasteiger partial charge in [0.05, 0.1) is 24.1 Å². The number of hydrogen-bond donors (Lipinski definition) is 1. The number of fused-ring (bicyclic) bond motifs is 5. The van der Waals surface area contributed by atoms with Crippen molar-refractivity contribution < 1.29 is 14.4 Å². The first-order chi connectivity index (χ1) is 13.1. The highest BCUT2D eigenvalue weighted by Crippen LogP contribution is 2.50. The first-order valence-electron chi connectivity index (χ1n) is 8.62. The summed E-state index contributed by atoms with van der Waals surface area (Å²) in [5.74, 6) is -2.42. The summed E-state index contributed by atoms with van der Waals surface area (Å²) in [6.07, 6.45) is 1.68. The van der Waals surface area contributed by atoms with Crippen LogP contribution in [0.4, 0.5) is 0 Å². The number of imide groups is 1. The van der Waals surface area contributed by atoms with Crippen LogP contribution in [0.1, 0.15) is 27.5 Å². The normalized spacial score (nSPS) is 27.8. The predicted octanol–water partition coefficient (Wildman–Crippen LogP) is 2.18. The summed E-state index contributed by atoms with van der Waals surface area (Å²) in [7, 11) is 0. The standard InChI is InChI=1S/C20H14ClN3O3/c21-12-7-5-10(6-8-12)18(25)17-15-14(19(26)23-20(15)27)16-13-4-2-1-3-11(13)9-22-24(16)17/h1-9,14-17H,(H,23,26,27)/t14-,15+,16+,17-/m0/s1. The average molecular weight is 380 g/mol. The van der Waals surface area contributed by atoms with Crippen molar-refractivity contribution in [3.05, 3.63) is 70.2 Å². The van der Waals surface area contributed by atoms with Crippen LogP contribution in [0.15, 0.2) is 53.6 Å². The smallest absolute Gasteiger partial charge is 0.233 e. The Labute approximate surface area is 159 Å². The number of halogens is 1. The molecule has 27 heavy (non-hydrogen) atoms. The van der Waals surface area contributed by atoms with Crippen LogP contribution in [-0.4, -0.2) is 34.9 Å². The van der Waals surface area contributed by atoms with Gasteiger partial charge in [-0.05, 0) is 35.4 Å². The topological polar surface area (TPSA) is 78.8 Å². The molecule has 1 N–H and O–H groups in total. The van der Waals surface area contributed by atoms with Crippen LogP contribution in [0.3, 0.4) is 0 Å². The zero-order valence-electron chi connectivity index (χ0n) is 14.0. The van der Waals surface area contributed by atoms with Crippen LogP contribution in [0.25, 0.3) is 0 Å². The molecule has 0 aliphatic carbocycles. The number of carbonyl (C=O) groups excluding carboxylic acids is 3. The van der Waals surface area contributed by atoms with Gasteiger partial charge >= 0.3 is 0 Å². The molecule has 7 heteroatoms. The molecule has 0 radical (unpaired) electrons. The Balaban J connectivity index is 1.64. The Morgan fingerprint density at radius 2 is 1.70 bits per heavy atom. The van der Waals surface area contributed by atoms with E-state index in [4.69, 9.17) is 11.6 Å². The molecule has 2 amide bonds. The van der Waals surface area contributed by atoms with Gasteiger partial charge in [0, 0.05) is 10.6 Å². The van der Waals surface area contributed by atoms with Gasteiger partial charge in [0.1, 0.15) is 6.04 Å². The molecule has 2 aromatic carbocycles. The van der Waals surface area contributed by atoms with Crippen molar-refractivity contribution in [2.24, 2.45) is 16.9 Å². The fourth-order valence-corrected chi connectivity index (χ4v) is 4.50. The maximum absolute atomic E-state index is 13.3. The lowest BCUT2D eigenvalue weighted by Crippen LogP contribution is -2.43. The molecule has 0 unspecified atom stereocenters. The number of hydrogen-bond acceptors (Lipinski definition) is 5. The summed E-state index contributed by atoms with van der Waals surface area (Å²) in [4.78, 5) is 38.3. The van der Waals surface area contributed by atoms with Gasteiger partial charge in [-0.15, -0.1) is 0 Å². The molecule has 2 fully saturated rings. The summed E-state index contributed by atoms with van der Waals surface area (Å²) in [5, 5.41) is 9.01. The van der Waals surface area contributed by atoms with Crippen molar-refractivity contribution >= 4 is 35.4 Å². The van der Waals surface area contributed by atoms with Crippen LogP contribution >= 0.6 is 11.6 Å². The monoisotopic (exact) mass is 379 g/mol. The van der Waals surface area contributed by atoms with E-state index >= 15 is 0 Å². The molecule has 4 atom stereocenters. The fourth-order valence-electron chi connectivity index (χ4n) is 4.37. The second kappa shape index (κ2) is 5.76. The van der Waals surface area contributed by atoms with Crippen LogP contribution in [0.5, 0.6) is 0 Å². The largest absolute Gasteiger partial charge is 0.296 e. The van der Waals surface area contributed by atoms with Gasteiger partial charge in [0.25, 0.3) is 0 Å². The SMILES string of the molecule is O=C1NC(=O)[C@H]2[C@@H]1[C@@H](C(=O)c1ccc(Cl)cc1)N1N=Cc3ccccc3[C@H]21. The molecule has 134 valence electrons. The average Bonchev–Trinajstić information content (AvgIpc) is 3.17. The molecule has 3 heterocycles. The number of hydrazone groups is 1. The minimum Gasteiger partial charge on any atom is -0.296 e. The lowest BCUT2D eigenvalue weighted by atomic mass is 9.83. The third-order valence-corrected chi connectivity index (χ3v) is 5.78. The van der Waals surface area contributed by atoms with E-state index in [0.717, 1.165) is 11.1 Å². The number of amides is 2. The zero-order chi connectivity index (χ0) is 18.7. The van der Waals surface area contributed by atoms with E-state index in [0.29, 0.717) is 10.6 Å². The molecule has 5 rings (SSSR count). The van der Waals surface area contributed by atoms with Gasteiger partial charge in [-0.2, -0.15) is 5.10 Å². The third kappa shape index (κ3) is 2.26. The van der Waals surface area contributed by atoms with Gasteiger partial charge < -0.3 is 0 Å². The molecule has 0 spiro atoms. The Kier molecular flexibility index (Phi) is 3.45. The van der Waals surface area contributed by atoms with E-state index in [-0.39, 0.29) is 11.7 Å². The lowest BCUT2D eigenvalue weighted by molar-refractivity contribution is -0.127. The van der Waals surface area contributed by atoms with Crippen molar-refractivity contribution in [1.29, 1.82) is 0 Å². The van der Waals surface area contributed by atoms with E-state index in [1.54, 1.807) is 35.5 Å². The van der Waals surface area contributed by atoms with Crippen LogP contribution in [0, 0.1) is 11.8 Å². The molecule has 6 nitrogen and oxygen atoms in total. The number of Topliss-reactive ketones (excluding diaryl/α,β-unsaturated/α-hetero) is 1. The Morgan fingerprint density at radius 3 is 2.48 bits per heavy atom. The molecule has 3 aliphatic rings. The lowest BCUT2D eigenvalue weighted by Gasteiger charge is -2.32. The number of benzene rings is 2. The third-order valence-electron chi connectivity index (χ3n) is 5.53. The minimum absolute atomic E-state index is 0.245. The molecule has 3 aliphatic heterocycles. The fraction of sp³-hybridized carbons (Fsp3) is 0.200. The van der Waals surface area contributed by atoms with Gasteiger partial charge in [-0.1, -0.05) is 35.9 Å². The maximum atomic E-state index is 13.3. The second-order valence-corrected chi connectivity index (χ2v) is 7.36.